The molecule has 1 aliphatic heterocycles. The lowest BCUT2D eigenvalue weighted by Gasteiger charge is -2.32. The van der Waals surface area contributed by atoms with Crippen LogP contribution < -0.4 is 5.32 Å². The molecule has 1 unspecified atom stereocenters. The molecule has 2 rings (SSSR count). The van der Waals surface area contributed by atoms with Crippen LogP contribution in [0.15, 0.2) is 29.2 Å². The summed E-state index contributed by atoms with van der Waals surface area (Å²) in [5.74, 6) is 0.134. The fourth-order valence-electron chi connectivity index (χ4n) is 2.67. The number of hydrogen-bond acceptors (Lipinski definition) is 4. The molecule has 112 valence electrons. The van der Waals surface area contributed by atoms with Gasteiger partial charge in [-0.3, -0.25) is 0 Å². The number of anilines is 1. The van der Waals surface area contributed by atoms with Crippen LogP contribution in [-0.4, -0.2) is 45.2 Å². The normalized spacial score (nSPS) is 20.8. The highest BCUT2D eigenvalue weighted by Gasteiger charge is 2.20. The molecule has 0 aliphatic carbocycles. The number of benzene rings is 1. The number of hydrogen-bond donors (Lipinski definition) is 1. The summed E-state index contributed by atoms with van der Waals surface area (Å²) in [7, 11) is -1.03. The summed E-state index contributed by atoms with van der Waals surface area (Å²) in [5, 5.41) is 3.33. The number of nitrogens with one attached hydrogen (secondary N) is 1. The molecule has 1 saturated heterocycles. The topological polar surface area (TPSA) is 49.4 Å². The van der Waals surface area contributed by atoms with Gasteiger partial charge in [0.25, 0.3) is 0 Å². The third-order valence-corrected chi connectivity index (χ3v) is 5.84. The van der Waals surface area contributed by atoms with Gasteiger partial charge >= 0.3 is 0 Å². The number of sulfone groups is 1. The van der Waals surface area contributed by atoms with E-state index in [2.05, 4.69) is 17.3 Å². The average Bonchev–Trinajstić information content (AvgIpc) is 2.47. The van der Waals surface area contributed by atoms with E-state index < -0.39 is 9.84 Å². The van der Waals surface area contributed by atoms with Crippen LogP contribution in [0.2, 0.25) is 0 Å². The van der Waals surface area contributed by atoms with Crippen molar-refractivity contribution in [3.05, 3.63) is 24.3 Å². The molecule has 0 amide bonds. The van der Waals surface area contributed by atoms with Crippen LogP contribution in [-0.2, 0) is 9.84 Å². The van der Waals surface area contributed by atoms with E-state index in [-0.39, 0.29) is 5.75 Å². The van der Waals surface area contributed by atoms with Gasteiger partial charge in [-0.15, -0.1) is 0 Å². The fourth-order valence-corrected chi connectivity index (χ4v) is 3.74. The lowest BCUT2D eigenvalue weighted by Crippen LogP contribution is -2.40. The molecule has 0 radical (unpaired) electrons. The Kier molecular flexibility index (Phi) is 5.05. The summed E-state index contributed by atoms with van der Waals surface area (Å²) in [6.45, 7) is 3.61. The zero-order chi connectivity index (χ0) is 14.6. The second-order valence-electron chi connectivity index (χ2n) is 5.41. The molecule has 0 saturated carbocycles. The highest BCUT2D eigenvalue weighted by Crippen LogP contribution is 2.23. The Labute approximate surface area is 122 Å². The highest BCUT2D eigenvalue weighted by atomic mass is 32.2. The van der Waals surface area contributed by atoms with Gasteiger partial charge in [0, 0.05) is 12.6 Å². The van der Waals surface area contributed by atoms with E-state index in [1.807, 2.05) is 12.1 Å². The van der Waals surface area contributed by atoms with Crippen molar-refractivity contribution in [2.45, 2.75) is 37.1 Å². The van der Waals surface area contributed by atoms with Crippen LogP contribution in [0.1, 0.15) is 26.2 Å². The van der Waals surface area contributed by atoms with E-state index >= 15 is 0 Å². The fraction of sp³-hybridized carbons (Fsp3) is 0.600. The van der Waals surface area contributed by atoms with Crippen molar-refractivity contribution in [3.63, 3.8) is 0 Å². The Bertz CT molecular complexity index is 543. The van der Waals surface area contributed by atoms with Crippen molar-refractivity contribution >= 4 is 15.5 Å². The van der Waals surface area contributed by atoms with Crippen molar-refractivity contribution < 1.29 is 8.42 Å². The van der Waals surface area contributed by atoms with Crippen molar-refractivity contribution in [2.75, 3.05) is 31.2 Å². The quantitative estimate of drug-likeness (QED) is 0.906. The molecule has 1 atom stereocenters. The molecule has 1 aromatic carbocycles. The maximum Gasteiger partial charge on any atom is 0.180 e. The second-order valence-corrected chi connectivity index (χ2v) is 7.66. The third kappa shape index (κ3) is 3.52. The Balaban J connectivity index is 2.10. The van der Waals surface area contributed by atoms with Crippen molar-refractivity contribution in [1.82, 2.24) is 4.90 Å². The summed E-state index contributed by atoms with van der Waals surface area (Å²) in [5.41, 5.74) is 0.730. The number of piperidine rings is 1. The minimum atomic E-state index is -3.17. The monoisotopic (exact) mass is 296 g/mol. The average molecular weight is 296 g/mol. The maximum atomic E-state index is 12.1. The molecule has 0 aromatic heterocycles. The van der Waals surface area contributed by atoms with Gasteiger partial charge in [0.05, 0.1) is 16.3 Å². The van der Waals surface area contributed by atoms with Crippen LogP contribution in [0.3, 0.4) is 0 Å². The smallest absolute Gasteiger partial charge is 0.180 e. The predicted molar refractivity (Wildman–Crippen MR) is 82.9 cm³/mol. The molecule has 5 heteroatoms. The van der Waals surface area contributed by atoms with E-state index in [1.165, 1.54) is 19.3 Å². The van der Waals surface area contributed by atoms with Gasteiger partial charge in [0.1, 0.15) is 0 Å². The van der Waals surface area contributed by atoms with Crippen molar-refractivity contribution in [2.24, 2.45) is 0 Å². The zero-order valence-corrected chi connectivity index (χ0v) is 13.1. The van der Waals surface area contributed by atoms with E-state index in [0.29, 0.717) is 10.9 Å². The molecule has 1 fully saturated rings. The summed E-state index contributed by atoms with van der Waals surface area (Å²) in [6, 6.07) is 7.68. The highest BCUT2D eigenvalue weighted by molar-refractivity contribution is 7.91. The van der Waals surface area contributed by atoms with Gasteiger partial charge < -0.3 is 10.2 Å². The lowest BCUT2D eigenvalue weighted by atomic mass is 10.0. The summed E-state index contributed by atoms with van der Waals surface area (Å²) >= 11 is 0. The zero-order valence-electron chi connectivity index (χ0n) is 12.3. The largest absolute Gasteiger partial charge is 0.382 e. The van der Waals surface area contributed by atoms with Gasteiger partial charge in [-0.2, -0.15) is 0 Å². The van der Waals surface area contributed by atoms with Crippen LogP contribution in [0.4, 0.5) is 5.69 Å². The summed E-state index contributed by atoms with van der Waals surface area (Å²) in [4.78, 5) is 2.77. The standard InChI is InChI=1S/C15H24N2O2S/c1-3-20(18,19)15-10-5-4-9-14(15)16-12-13-8-6-7-11-17(13)2/h4-5,9-10,13,16H,3,6-8,11-12H2,1-2H3. The van der Waals surface area contributed by atoms with Gasteiger partial charge in [0.15, 0.2) is 9.84 Å². The van der Waals surface area contributed by atoms with E-state index in [1.54, 1.807) is 19.1 Å². The third-order valence-electron chi connectivity index (χ3n) is 4.05. The first-order valence-electron chi connectivity index (χ1n) is 7.30. The number of likely N-dealkylation sites (tertiary alicyclic amines) is 1. The lowest BCUT2D eigenvalue weighted by molar-refractivity contribution is 0.194. The van der Waals surface area contributed by atoms with E-state index in [9.17, 15) is 8.42 Å². The SMILES string of the molecule is CCS(=O)(=O)c1ccccc1NCC1CCCCN1C. The number of nitrogens with zero attached hydrogens (tertiary/aromatic N) is 1. The maximum absolute atomic E-state index is 12.1. The molecule has 1 aromatic rings. The molecule has 1 N–H and O–H groups in total. The van der Waals surface area contributed by atoms with E-state index in [4.69, 9.17) is 0 Å². The number of para-hydroxylation sites is 1. The Hall–Kier alpha value is -1.07. The molecule has 0 bridgehead atoms. The molecule has 1 aliphatic rings. The molecule has 1 heterocycles. The minimum Gasteiger partial charge on any atom is -0.382 e. The molecule has 20 heavy (non-hydrogen) atoms. The van der Waals surface area contributed by atoms with Gasteiger partial charge in [0.2, 0.25) is 0 Å². The number of rotatable bonds is 5. The minimum absolute atomic E-state index is 0.134. The first-order chi connectivity index (χ1) is 9.54. The van der Waals surface area contributed by atoms with Crippen LogP contribution in [0.25, 0.3) is 0 Å². The molecule has 0 spiro atoms. The Morgan fingerprint density at radius 2 is 2.05 bits per heavy atom. The van der Waals surface area contributed by atoms with Crippen molar-refractivity contribution in [1.29, 1.82) is 0 Å². The van der Waals surface area contributed by atoms with Gasteiger partial charge in [-0.25, -0.2) is 8.42 Å². The predicted octanol–water partition coefficient (Wildman–Crippen LogP) is 2.38. The molecular weight excluding hydrogens is 272 g/mol. The summed E-state index contributed by atoms with van der Waals surface area (Å²) < 4.78 is 24.2. The van der Waals surface area contributed by atoms with Crippen LogP contribution in [0.5, 0.6) is 0 Å². The number of likely N-dealkylation sites (N-methyl/N-ethyl adjacent to an activating group) is 1. The Morgan fingerprint density at radius 3 is 2.75 bits per heavy atom. The Morgan fingerprint density at radius 1 is 1.30 bits per heavy atom. The first-order valence-corrected chi connectivity index (χ1v) is 8.95. The van der Waals surface area contributed by atoms with Crippen molar-refractivity contribution in [3.8, 4) is 0 Å². The van der Waals surface area contributed by atoms with Gasteiger partial charge in [-0.05, 0) is 38.6 Å². The summed E-state index contributed by atoms with van der Waals surface area (Å²) in [6.07, 6.45) is 3.69. The van der Waals surface area contributed by atoms with Crippen LogP contribution >= 0.6 is 0 Å². The molecular formula is C15H24N2O2S. The molecule has 4 nitrogen and oxygen atoms in total. The van der Waals surface area contributed by atoms with E-state index in [0.717, 1.165) is 18.8 Å². The van der Waals surface area contributed by atoms with Gasteiger partial charge in [-0.1, -0.05) is 25.5 Å². The first kappa shape index (κ1) is 15.3. The van der Waals surface area contributed by atoms with Crippen LogP contribution in [0, 0.1) is 0 Å². The second kappa shape index (κ2) is 6.59.